The van der Waals surface area contributed by atoms with Crippen LogP contribution in [0.1, 0.15) is 56.4 Å². The van der Waals surface area contributed by atoms with E-state index in [9.17, 15) is 0 Å². The van der Waals surface area contributed by atoms with Gasteiger partial charge in [0.2, 0.25) is 0 Å². The third-order valence-electron chi connectivity index (χ3n) is 4.46. The number of ether oxygens (including phenoxy) is 1. The molecule has 1 heterocycles. The highest BCUT2D eigenvalue weighted by Gasteiger charge is 2.42. The second kappa shape index (κ2) is 3.35. The summed E-state index contributed by atoms with van der Waals surface area (Å²) in [6.45, 7) is 11.2. The van der Waals surface area contributed by atoms with Crippen LogP contribution in [-0.4, -0.2) is 6.61 Å². The molecule has 0 fully saturated rings. The van der Waals surface area contributed by atoms with Crippen LogP contribution in [0.4, 0.5) is 0 Å². The van der Waals surface area contributed by atoms with Crippen molar-refractivity contribution in [1.82, 2.24) is 0 Å². The van der Waals surface area contributed by atoms with Crippen LogP contribution in [0.2, 0.25) is 0 Å². The van der Waals surface area contributed by atoms with E-state index >= 15 is 0 Å². The van der Waals surface area contributed by atoms with Crippen molar-refractivity contribution in [3.8, 4) is 0 Å². The SMILES string of the molecule is CC1(C)CC(C)(C)c2cc3c(cc21)CCOC3. The number of hydrogen-bond acceptors (Lipinski definition) is 1. The van der Waals surface area contributed by atoms with Crippen molar-refractivity contribution in [1.29, 1.82) is 0 Å². The molecule has 0 N–H and O–H groups in total. The molecule has 0 atom stereocenters. The zero-order valence-corrected chi connectivity index (χ0v) is 11.4. The van der Waals surface area contributed by atoms with Gasteiger partial charge in [-0.1, -0.05) is 39.8 Å². The molecule has 0 amide bonds. The van der Waals surface area contributed by atoms with Gasteiger partial charge in [0.05, 0.1) is 13.2 Å². The quantitative estimate of drug-likeness (QED) is 0.660. The summed E-state index contributed by atoms with van der Waals surface area (Å²) in [5.41, 5.74) is 6.69. The van der Waals surface area contributed by atoms with E-state index in [-0.39, 0.29) is 0 Å². The molecule has 1 aromatic rings. The van der Waals surface area contributed by atoms with Gasteiger partial charge in [0, 0.05) is 0 Å². The molecule has 1 aromatic carbocycles. The maximum atomic E-state index is 5.58. The van der Waals surface area contributed by atoms with E-state index < -0.39 is 0 Å². The van der Waals surface area contributed by atoms with E-state index in [4.69, 9.17) is 4.74 Å². The summed E-state index contributed by atoms with van der Waals surface area (Å²) in [7, 11) is 0. The zero-order valence-electron chi connectivity index (χ0n) is 11.4. The minimum atomic E-state index is 0.311. The van der Waals surface area contributed by atoms with Crippen LogP contribution in [0.3, 0.4) is 0 Å². The molecular formula is C16H22O. The highest BCUT2D eigenvalue weighted by Crippen LogP contribution is 2.50. The third-order valence-corrected chi connectivity index (χ3v) is 4.46. The molecule has 3 rings (SSSR count). The second-order valence-corrected chi connectivity index (χ2v) is 6.91. The minimum Gasteiger partial charge on any atom is -0.376 e. The molecule has 1 aliphatic heterocycles. The van der Waals surface area contributed by atoms with Crippen molar-refractivity contribution in [2.45, 2.75) is 58.0 Å². The summed E-state index contributed by atoms with van der Waals surface area (Å²) < 4.78 is 5.58. The van der Waals surface area contributed by atoms with Gasteiger partial charge < -0.3 is 4.74 Å². The Labute approximate surface area is 104 Å². The molecule has 0 unspecified atom stereocenters. The maximum Gasteiger partial charge on any atom is 0.0719 e. The summed E-state index contributed by atoms with van der Waals surface area (Å²) in [5.74, 6) is 0. The van der Waals surface area contributed by atoms with Gasteiger partial charge in [0.1, 0.15) is 0 Å². The molecule has 17 heavy (non-hydrogen) atoms. The summed E-state index contributed by atoms with van der Waals surface area (Å²) in [6, 6.07) is 4.88. The van der Waals surface area contributed by atoms with Crippen molar-refractivity contribution in [3.63, 3.8) is 0 Å². The Kier molecular flexibility index (Phi) is 2.22. The molecule has 0 aromatic heterocycles. The molecule has 0 radical (unpaired) electrons. The summed E-state index contributed by atoms with van der Waals surface area (Å²) in [6.07, 6.45) is 2.33. The van der Waals surface area contributed by atoms with Gasteiger partial charge >= 0.3 is 0 Å². The van der Waals surface area contributed by atoms with Crippen molar-refractivity contribution in [3.05, 3.63) is 34.4 Å². The first-order chi connectivity index (χ1) is 7.90. The van der Waals surface area contributed by atoms with Gasteiger partial charge in [-0.2, -0.15) is 0 Å². The molecule has 0 spiro atoms. The Morgan fingerprint density at radius 2 is 1.53 bits per heavy atom. The third kappa shape index (κ3) is 1.63. The van der Waals surface area contributed by atoms with Crippen LogP contribution in [0.15, 0.2) is 12.1 Å². The van der Waals surface area contributed by atoms with Crippen LogP contribution in [0.25, 0.3) is 0 Å². The number of benzene rings is 1. The first-order valence-corrected chi connectivity index (χ1v) is 6.65. The van der Waals surface area contributed by atoms with Crippen LogP contribution >= 0.6 is 0 Å². The zero-order chi connectivity index (χ0) is 12.3. The van der Waals surface area contributed by atoms with Crippen molar-refractivity contribution in [2.24, 2.45) is 0 Å². The molecule has 92 valence electrons. The lowest BCUT2D eigenvalue weighted by atomic mass is 9.82. The lowest BCUT2D eigenvalue weighted by molar-refractivity contribution is 0.110. The van der Waals surface area contributed by atoms with Crippen LogP contribution in [0, 0.1) is 0 Å². The van der Waals surface area contributed by atoms with E-state index in [1.807, 2.05) is 0 Å². The van der Waals surface area contributed by atoms with E-state index in [2.05, 4.69) is 39.8 Å². The molecule has 1 heteroatoms. The van der Waals surface area contributed by atoms with Crippen molar-refractivity contribution in [2.75, 3.05) is 6.61 Å². The second-order valence-electron chi connectivity index (χ2n) is 6.91. The van der Waals surface area contributed by atoms with Crippen LogP contribution in [0.5, 0.6) is 0 Å². The standard InChI is InChI=1S/C16H22O/c1-15(2)10-16(3,4)14-8-12-9-17-6-5-11(12)7-13(14)15/h7-8H,5-6,9-10H2,1-4H3. The molecule has 1 nitrogen and oxygen atoms in total. The van der Waals surface area contributed by atoms with Crippen molar-refractivity contribution >= 4 is 0 Å². The monoisotopic (exact) mass is 230 g/mol. The number of rotatable bonds is 0. The fraction of sp³-hybridized carbons (Fsp3) is 0.625. The Balaban J connectivity index is 2.20. The van der Waals surface area contributed by atoms with Gasteiger partial charge in [-0.15, -0.1) is 0 Å². The molecule has 0 saturated carbocycles. The van der Waals surface area contributed by atoms with Gasteiger partial charge in [-0.05, 0) is 45.9 Å². The van der Waals surface area contributed by atoms with Gasteiger partial charge in [-0.3, -0.25) is 0 Å². The summed E-state index contributed by atoms with van der Waals surface area (Å²) in [5, 5.41) is 0. The topological polar surface area (TPSA) is 9.23 Å². The van der Waals surface area contributed by atoms with E-state index in [0.29, 0.717) is 10.8 Å². The maximum absolute atomic E-state index is 5.58. The first-order valence-electron chi connectivity index (χ1n) is 6.65. The summed E-state index contributed by atoms with van der Waals surface area (Å²) in [4.78, 5) is 0. The summed E-state index contributed by atoms with van der Waals surface area (Å²) >= 11 is 0. The highest BCUT2D eigenvalue weighted by atomic mass is 16.5. The fourth-order valence-electron chi connectivity index (χ4n) is 3.84. The smallest absolute Gasteiger partial charge is 0.0719 e. The average molecular weight is 230 g/mol. The van der Waals surface area contributed by atoms with E-state index in [1.54, 1.807) is 11.1 Å². The molecule has 0 saturated heterocycles. The number of hydrogen-bond donors (Lipinski definition) is 0. The fourth-order valence-corrected chi connectivity index (χ4v) is 3.84. The predicted molar refractivity (Wildman–Crippen MR) is 70.5 cm³/mol. The lowest BCUT2D eigenvalue weighted by Crippen LogP contribution is -2.18. The Hall–Kier alpha value is -0.820. The normalized spacial score (nSPS) is 24.2. The predicted octanol–water partition coefficient (Wildman–Crippen LogP) is 3.72. The van der Waals surface area contributed by atoms with Gasteiger partial charge in [0.15, 0.2) is 0 Å². The average Bonchev–Trinajstić information content (AvgIpc) is 2.43. The number of fused-ring (bicyclic) bond motifs is 2. The molecule has 0 bridgehead atoms. The minimum absolute atomic E-state index is 0.311. The molecule has 2 aliphatic rings. The Morgan fingerprint density at radius 1 is 0.941 bits per heavy atom. The first kappa shape index (κ1) is 11.3. The van der Waals surface area contributed by atoms with Gasteiger partial charge in [-0.25, -0.2) is 0 Å². The lowest BCUT2D eigenvalue weighted by Gasteiger charge is -2.23. The van der Waals surface area contributed by atoms with Crippen LogP contribution < -0.4 is 0 Å². The van der Waals surface area contributed by atoms with Crippen LogP contribution in [-0.2, 0) is 28.6 Å². The largest absolute Gasteiger partial charge is 0.376 e. The van der Waals surface area contributed by atoms with Gasteiger partial charge in [0.25, 0.3) is 0 Å². The molecular weight excluding hydrogens is 208 g/mol. The molecule has 1 aliphatic carbocycles. The highest BCUT2D eigenvalue weighted by molar-refractivity contribution is 5.50. The Bertz CT molecular complexity index is 426. The van der Waals surface area contributed by atoms with E-state index in [0.717, 1.165) is 19.6 Å². The van der Waals surface area contributed by atoms with Crippen molar-refractivity contribution < 1.29 is 4.74 Å². The Morgan fingerprint density at radius 3 is 2.18 bits per heavy atom. The van der Waals surface area contributed by atoms with E-state index in [1.165, 1.54) is 17.5 Å².